The van der Waals surface area contributed by atoms with E-state index in [0.717, 1.165) is 0 Å². The number of imidazole rings is 1. The van der Waals surface area contributed by atoms with Crippen LogP contribution in [-0.2, 0) is 0 Å². The van der Waals surface area contributed by atoms with Crippen LogP contribution >= 0.6 is 0 Å². The van der Waals surface area contributed by atoms with E-state index in [4.69, 9.17) is 0 Å². The van der Waals surface area contributed by atoms with Crippen molar-refractivity contribution in [2.45, 2.75) is 0 Å². The third-order valence-corrected chi connectivity index (χ3v) is 2.48. The molecule has 17 heavy (non-hydrogen) atoms. The molecule has 5 heteroatoms. The zero-order chi connectivity index (χ0) is 12.4. The number of hydrogen-bond acceptors (Lipinski definition) is 3. The SMILES string of the molecule is C=CCN(C)c1nc2ccccn2c1C(=O)O. The van der Waals surface area contributed by atoms with E-state index in [9.17, 15) is 9.90 Å². The number of anilines is 1. The topological polar surface area (TPSA) is 57.8 Å². The Morgan fingerprint density at radius 3 is 3.06 bits per heavy atom. The van der Waals surface area contributed by atoms with E-state index in [1.54, 1.807) is 40.8 Å². The molecule has 0 bridgehead atoms. The zero-order valence-corrected chi connectivity index (χ0v) is 9.50. The number of aromatic carboxylic acids is 1. The monoisotopic (exact) mass is 231 g/mol. The van der Waals surface area contributed by atoms with Crippen molar-refractivity contribution < 1.29 is 9.90 Å². The number of fused-ring (bicyclic) bond motifs is 1. The predicted octanol–water partition coefficient (Wildman–Crippen LogP) is 1.65. The van der Waals surface area contributed by atoms with Crippen LogP contribution in [0, 0.1) is 0 Å². The number of pyridine rings is 1. The molecule has 0 aliphatic carbocycles. The van der Waals surface area contributed by atoms with E-state index in [2.05, 4.69) is 11.6 Å². The second-order valence-corrected chi connectivity index (χ2v) is 3.69. The number of hydrogen-bond donors (Lipinski definition) is 1. The summed E-state index contributed by atoms with van der Waals surface area (Å²) >= 11 is 0. The minimum Gasteiger partial charge on any atom is -0.476 e. The first-order chi connectivity index (χ1) is 8.15. The quantitative estimate of drug-likeness (QED) is 0.813. The number of carbonyl (C=O) groups is 1. The van der Waals surface area contributed by atoms with Crippen LogP contribution in [-0.4, -0.2) is 34.1 Å². The Balaban J connectivity index is 2.65. The molecular formula is C12H13N3O2. The number of carboxylic acid groups (broad SMARTS) is 1. The van der Waals surface area contributed by atoms with Gasteiger partial charge in [-0.1, -0.05) is 12.1 Å². The van der Waals surface area contributed by atoms with Gasteiger partial charge in [-0.3, -0.25) is 4.40 Å². The summed E-state index contributed by atoms with van der Waals surface area (Å²) in [5.41, 5.74) is 0.792. The van der Waals surface area contributed by atoms with Crippen LogP contribution < -0.4 is 4.90 Å². The van der Waals surface area contributed by atoms with Crippen LogP contribution in [0.1, 0.15) is 10.5 Å². The highest BCUT2D eigenvalue weighted by atomic mass is 16.4. The summed E-state index contributed by atoms with van der Waals surface area (Å²) in [5.74, 6) is -0.543. The van der Waals surface area contributed by atoms with E-state index in [1.165, 1.54) is 0 Å². The fourth-order valence-corrected chi connectivity index (χ4v) is 1.73. The van der Waals surface area contributed by atoms with Crippen LogP contribution in [0.2, 0.25) is 0 Å². The lowest BCUT2D eigenvalue weighted by Crippen LogP contribution is -2.20. The highest BCUT2D eigenvalue weighted by Crippen LogP contribution is 2.20. The summed E-state index contributed by atoms with van der Waals surface area (Å²) in [6.07, 6.45) is 3.40. The van der Waals surface area contributed by atoms with Gasteiger partial charge < -0.3 is 10.0 Å². The van der Waals surface area contributed by atoms with Gasteiger partial charge in [0.25, 0.3) is 0 Å². The van der Waals surface area contributed by atoms with Crippen molar-refractivity contribution in [2.24, 2.45) is 0 Å². The van der Waals surface area contributed by atoms with Crippen molar-refractivity contribution in [1.82, 2.24) is 9.38 Å². The molecule has 0 saturated heterocycles. The standard InChI is InChI=1S/C12H13N3O2/c1-3-7-14(2)11-10(12(16)17)15-8-5-4-6-9(15)13-11/h3-6,8H,1,7H2,2H3,(H,16,17). The number of aromatic nitrogens is 2. The predicted molar refractivity (Wildman–Crippen MR) is 65.6 cm³/mol. The summed E-state index contributed by atoms with van der Waals surface area (Å²) in [6, 6.07) is 5.38. The maximum Gasteiger partial charge on any atom is 0.356 e. The Kier molecular flexibility index (Phi) is 2.82. The highest BCUT2D eigenvalue weighted by molar-refractivity contribution is 5.93. The lowest BCUT2D eigenvalue weighted by molar-refractivity contribution is 0.0690. The van der Waals surface area contributed by atoms with Crippen LogP contribution in [0.15, 0.2) is 37.1 Å². The Labute approximate surface area is 98.6 Å². The molecule has 0 aliphatic heterocycles. The zero-order valence-electron chi connectivity index (χ0n) is 9.50. The largest absolute Gasteiger partial charge is 0.476 e. The molecular weight excluding hydrogens is 218 g/mol. The van der Waals surface area contributed by atoms with Crippen molar-refractivity contribution in [3.63, 3.8) is 0 Å². The smallest absolute Gasteiger partial charge is 0.356 e. The third-order valence-electron chi connectivity index (χ3n) is 2.48. The molecule has 2 aromatic heterocycles. The Morgan fingerprint density at radius 2 is 2.41 bits per heavy atom. The molecule has 0 saturated carbocycles. The molecule has 2 heterocycles. The van der Waals surface area contributed by atoms with Gasteiger partial charge in [-0.25, -0.2) is 9.78 Å². The summed E-state index contributed by atoms with van der Waals surface area (Å²) in [7, 11) is 1.79. The highest BCUT2D eigenvalue weighted by Gasteiger charge is 2.20. The minimum absolute atomic E-state index is 0.171. The van der Waals surface area contributed by atoms with Gasteiger partial charge in [0.15, 0.2) is 11.5 Å². The van der Waals surface area contributed by atoms with Crippen LogP contribution in [0.4, 0.5) is 5.82 Å². The van der Waals surface area contributed by atoms with Gasteiger partial charge in [-0.15, -0.1) is 6.58 Å². The maximum atomic E-state index is 11.3. The fraction of sp³-hybridized carbons (Fsp3) is 0.167. The summed E-state index contributed by atoms with van der Waals surface area (Å²) in [4.78, 5) is 17.4. The fourth-order valence-electron chi connectivity index (χ4n) is 1.73. The van der Waals surface area contributed by atoms with Crippen LogP contribution in [0.25, 0.3) is 5.65 Å². The van der Waals surface area contributed by atoms with E-state index in [-0.39, 0.29) is 5.69 Å². The molecule has 0 aliphatic rings. The molecule has 0 spiro atoms. The van der Waals surface area contributed by atoms with E-state index >= 15 is 0 Å². The van der Waals surface area contributed by atoms with Gasteiger partial charge in [0.2, 0.25) is 0 Å². The average Bonchev–Trinajstić information content (AvgIpc) is 2.68. The van der Waals surface area contributed by atoms with E-state index in [1.807, 2.05) is 6.07 Å². The molecule has 88 valence electrons. The van der Waals surface area contributed by atoms with Crippen LogP contribution in [0.3, 0.4) is 0 Å². The first kappa shape index (κ1) is 11.2. The number of likely N-dealkylation sites (N-methyl/N-ethyl adjacent to an activating group) is 1. The number of rotatable bonds is 4. The molecule has 0 unspecified atom stereocenters. The van der Waals surface area contributed by atoms with Gasteiger partial charge in [-0.2, -0.15) is 0 Å². The maximum absolute atomic E-state index is 11.3. The Morgan fingerprint density at radius 1 is 1.65 bits per heavy atom. The molecule has 0 aromatic carbocycles. The molecule has 2 aromatic rings. The molecule has 0 atom stereocenters. The molecule has 5 nitrogen and oxygen atoms in total. The van der Waals surface area contributed by atoms with Gasteiger partial charge in [0.05, 0.1) is 0 Å². The first-order valence-electron chi connectivity index (χ1n) is 5.17. The normalized spacial score (nSPS) is 10.4. The molecule has 2 rings (SSSR count). The number of carboxylic acids is 1. The van der Waals surface area contributed by atoms with Crippen molar-refractivity contribution in [3.8, 4) is 0 Å². The van der Waals surface area contributed by atoms with Crippen LogP contribution in [0.5, 0.6) is 0 Å². The van der Waals surface area contributed by atoms with Gasteiger partial charge in [0, 0.05) is 19.8 Å². The lowest BCUT2D eigenvalue weighted by Gasteiger charge is -2.14. The van der Waals surface area contributed by atoms with Gasteiger partial charge in [-0.05, 0) is 12.1 Å². The second-order valence-electron chi connectivity index (χ2n) is 3.69. The second kappa shape index (κ2) is 4.29. The van der Waals surface area contributed by atoms with E-state index < -0.39 is 5.97 Å². The summed E-state index contributed by atoms with van der Waals surface area (Å²) < 4.78 is 1.57. The van der Waals surface area contributed by atoms with Crippen molar-refractivity contribution >= 4 is 17.4 Å². The molecule has 1 N–H and O–H groups in total. The average molecular weight is 231 g/mol. The number of nitrogens with zero attached hydrogens (tertiary/aromatic N) is 3. The van der Waals surface area contributed by atoms with E-state index in [0.29, 0.717) is 18.0 Å². The Hall–Kier alpha value is -2.30. The van der Waals surface area contributed by atoms with Crippen molar-refractivity contribution in [3.05, 3.63) is 42.7 Å². The lowest BCUT2D eigenvalue weighted by atomic mass is 10.4. The van der Waals surface area contributed by atoms with Gasteiger partial charge >= 0.3 is 5.97 Å². The first-order valence-corrected chi connectivity index (χ1v) is 5.17. The van der Waals surface area contributed by atoms with Gasteiger partial charge in [0.1, 0.15) is 5.65 Å². The van der Waals surface area contributed by atoms with Crippen molar-refractivity contribution in [2.75, 3.05) is 18.5 Å². The summed E-state index contributed by atoms with van der Waals surface area (Å²) in [6.45, 7) is 4.18. The van der Waals surface area contributed by atoms with Crippen molar-refractivity contribution in [1.29, 1.82) is 0 Å². The third kappa shape index (κ3) is 1.87. The Bertz CT molecular complexity index is 574. The molecule has 0 radical (unpaired) electrons. The molecule has 0 fully saturated rings. The minimum atomic E-state index is -0.991. The summed E-state index contributed by atoms with van der Waals surface area (Å²) in [5, 5.41) is 9.26. The molecule has 0 amide bonds.